The Labute approximate surface area is 357 Å². The first-order chi connectivity index (χ1) is 29.9. The Balaban J connectivity index is 1.08. The summed E-state index contributed by atoms with van der Waals surface area (Å²) < 4.78 is 4.95. The standard InChI is InChI=1S/C57H48N4/c1-37-24-27-44-46-31-41(26-29-54(46)61(56(44)30-37)42-20-12-7-13-21-42)40-25-28-53-47(32-40)48-33-45-43-22-14-15-23-49(43)57(2,3)50(45)34-55(48)60(53)36-59-52(39-18-10-6-11-19-39)35-51(58-4)38-16-8-5-9-17-38/h5-29,31-35,37,59H,30,36H2,1-4H3. The molecule has 2 aliphatic rings. The Bertz CT molecular complexity index is 3250. The molecule has 296 valence electrons. The molecule has 11 rings (SSSR count). The summed E-state index contributed by atoms with van der Waals surface area (Å²) in [5, 5.41) is 7.73. The van der Waals surface area contributed by atoms with Gasteiger partial charge in [-0.15, -0.1) is 0 Å². The van der Waals surface area contributed by atoms with E-state index in [-0.39, 0.29) is 5.41 Å². The highest BCUT2D eigenvalue weighted by Crippen LogP contribution is 2.51. The average Bonchev–Trinajstić information content (AvgIpc) is 3.87. The van der Waals surface area contributed by atoms with Crippen molar-refractivity contribution in [2.24, 2.45) is 10.9 Å². The van der Waals surface area contributed by atoms with Gasteiger partial charge < -0.3 is 14.5 Å². The molecule has 7 aromatic carbocycles. The quantitative estimate of drug-likeness (QED) is 0.153. The van der Waals surface area contributed by atoms with Crippen molar-refractivity contribution in [2.45, 2.75) is 39.3 Å². The summed E-state index contributed by atoms with van der Waals surface area (Å²) in [5.41, 5.74) is 19.5. The minimum absolute atomic E-state index is 0.117. The zero-order valence-corrected chi connectivity index (χ0v) is 35.2. The summed E-state index contributed by atoms with van der Waals surface area (Å²) in [7, 11) is 1.87. The normalized spacial score (nSPS) is 15.6. The molecule has 0 saturated heterocycles. The molecule has 61 heavy (non-hydrogen) atoms. The van der Waals surface area contributed by atoms with Gasteiger partial charge in [-0.05, 0) is 111 Å². The highest BCUT2D eigenvalue weighted by Gasteiger charge is 2.36. The van der Waals surface area contributed by atoms with E-state index in [4.69, 9.17) is 4.99 Å². The van der Waals surface area contributed by atoms with E-state index in [1.54, 1.807) is 0 Å². The third-order valence-corrected chi connectivity index (χ3v) is 13.2. The largest absolute Gasteiger partial charge is 0.367 e. The lowest BCUT2D eigenvalue weighted by molar-refractivity contribution is 0.658. The molecule has 1 N–H and O–H groups in total. The van der Waals surface area contributed by atoms with Gasteiger partial charge in [0, 0.05) is 51.3 Å². The smallest absolute Gasteiger partial charge is 0.0926 e. The van der Waals surface area contributed by atoms with Crippen molar-refractivity contribution in [1.82, 2.24) is 14.5 Å². The molecule has 4 nitrogen and oxygen atoms in total. The predicted molar refractivity (Wildman–Crippen MR) is 258 cm³/mol. The van der Waals surface area contributed by atoms with E-state index >= 15 is 0 Å². The van der Waals surface area contributed by atoms with Gasteiger partial charge in [0.05, 0.1) is 28.9 Å². The highest BCUT2D eigenvalue weighted by atomic mass is 15.1. The van der Waals surface area contributed by atoms with Crippen LogP contribution in [0.15, 0.2) is 181 Å². The molecular weight excluding hydrogens is 741 g/mol. The van der Waals surface area contributed by atoms with E-state index in [9.17, 15) is 0 Å². The minimum atomic E-state index is -0.117. The van der Waals surface area contributed by atoms with Gasteiger partial charge in [0.25, 0.3) is 0 Å². The number of nitrogens with one attached hydrogen (secondary N) is 1. The molecule has 2 aliphatic carbocycles. The number of benzene rings is 7. The summed E-state index contributed by atoms with van der Waals surface area (Å²) >= 11 is 0. The van der Waals surface area contributed by atoms with Crippen LogP contribution in [0.3, 0.4) is 0 Å². The zero-order valence-electron chi connectivity index (χ0n) is 35.2. The van der Waals surface area contributed by atoms with E-state index < -0.39 is 0 Å². The van der Waals surface area contributed by atoms with Crippen LogP contribution in [0.1, 0.15) is 54.3 Å². The van der Waals surface area contributed by atoms with Gasteiger partial charge in [-0.25, -0.2) is 0 Å². The van der Waals surface area contributed by atoms with Crippen molar-refractivity contribution >= 4 is 50.2 Å². The van der Waals surface area contributed by atoms with Crippen molar-refractivity contribution in [3.63, 3.8) is 0 Å². The van der Waals surface area contributed by atoms with Crippen LogP contribution >= 0.6 is 0 Å². The molecule has 2 heterocycles. The molecule has 0 fully saturated rings. The Hall–Kier alpha value is -7.17. The minimum Gasteiger partial charge on any atom is -0.367 e. The van der Waals surface area contributed by atoms with Crippen molar-refractivity contribution < 1.29 is 0 Å². The number of rotatable bonds is 8. The molecule has 2 aromatic heterocycles. The molecule has 0 aliphatic heterocycles. The monoisotopic (exact) mass is 788 g/mol. The number of aromatic nitrogens is 2. The number of para-hydroxylation sites is 1. The number of fused-ring (bicyclic) bond motifs is 9. The predicted octanol–water partition coefficient (Wildman–Crippen LogP) is 13.6. The fourth-order valence-electron chi connectivity index (χ4n) is 10.1. The lowest BCUT2D eigenvalue weighted by Crippen LogP contribution is -2.19. The zero-order chi connectivity index (χ0) is 41.2. The fraction of sp³-hybridized carbons (Fsp3) is 0.140. The van der Waals surface area contributed by atoms with E-state index in [0.29, 0.717) is 12.6 Å². The van der Waals surface area contributed by atoms with Gasteiger partial charge in [-0.2, -0.15) is 0 Å². The number of allylic oxidation sites excluding steroid dienone is 2. The van der Waals surface area contributed by atoms with Crippen LogP contribution in [-0.4, -0.2) is 21.9 Å². The molecule has 0 bridgehead atoms. The van der Waals surface area contributed by atoms with Crippen LogP contribution in [0, 0.1) is 5.92 Å². The first kappa shape index (κ1) is 36.9. The maximum Gasteiger partial charge on any atom is 0.0926 e. The fourth-order valence-corrected chi connectivity index (χ4v) is 10.1. The Morgan fingerprint density at radius 2 is 1.30 bits per heavy atom. The SMILES string of the molecule is CN=C(C=C(NCn1c2ccc(-c3ccc4c(c3)c3c(n4-c4ccccc4)CC(C)C=C3)cc2c2cc3c(cc21)C(C)(C)c1ccccc1-3)c1ccccc1)c1ccccc1. The van der Waals surface area contributed by atoms with Crippen molar-refractivity contribution in [2.75, 3.05) is 7.05 Å². The number of aliphatic imine (C=N–C) groups is 1. The Morgan fingerprint density at radius 1 is 0.656 bits per heavy atom. The van der Waals surface area contributed by atoms with Crippen LogP contribution in [0.2, 0.25) is 0 Å². The average molecular weight is 789 g/mol. The molecule has 0 radical (unpaired) electrons. The van der Waals surface area contributed by atoms with Gasteiger partial charge >= 0.3 is 0 Å². The van der Waals surface area contributed by atoms with Gasteiger partial charge in [0.1, 0.15) is 0 Å². The summed E-state index contributed by atoms with van der Waals surface area (Å²) in [6, 6.07) is 59.9. The van der Waals surface area contributed by atoms with Gasteiger partial charge in [0.15, 0.2) is 0 Å². The van der Waals surface area contributed by atoms with Crippen LogP contribution in [0.5, 0.6) is 0 Å². The molecule has 9 aromatic rings. The number of hydrogen-bond donors (Lipinski definition) is 1. The summed E-state index contributed by atoms with van der Waals surface area (Å²) in [4.78, 5) is 4.73. The van der Waals surface area contributed by atoms with Crippen molar-refractivity contribution in [1.29, 1.82) is 0 Å². The molecule has 4 heteroatoms. The summed E-state index contributed by atoms with van der Waals surface area (Å²) in [6.07, 6.45) is 7.93. The second kappa shape index (κ2) is 14.5. The third-order valence-electron chi connectivity index (χ3n) is 13.2. The van der Waals surface area contributed by atoms with Crippen LogP contribution in [0.25, 0.3) is 72.4 Å². The van der Waals surface area contributed by atoms with Gasteiger partial charge in [0.2, 0.25) is 0 Å². The Morgan fingerprint density at radius 3 is 2.03 bits per heavy atom. The highest BCUT2D eigenvalue weighted by molar-refractivity contribution is 6.13. The van der Waals surface area contributed by atoms with Gasteiger partial charge in [-0.3, -0.25) is 4.99 Å². The maximum absolute atomic E-state index is 4.73. The Kier molecular flexibility index (Phi) is 8.78. The van der Waals surface area contributed by atoms with Crippen molar-refractivity contribution in [3.05, 3.63) is 209 Å². The second-order valence-electron chi connectivity index (χ2n) is 17.3. The number of nitrogens with zero attached hydrogens (tertiary/aromatic N) is 3. The van der Waals surface area contributed by atoms with E-state index in [1.807, 2.05) is 13.1 Å². The second-order valence-corrected chi connectivity index (χ2v) is 17.3. The van der Waals surface area contributed by atoms with E-state index in [2.05, 4.69) is 211 Å². The first-order valence-corrected chi connectivity index (χ1v) is 21.5. The van der Waals surface area contributed by atoms with Crippen LogP contribution in [0.4, 0.5) is 0 Å². The molecule has 1 atom stereocenters. The lowest BCUT2D eigenvalue weighted by atomic mass is 9.82. The van der Waals surface area contributed by atoms with Crippen LogP contribution < -0.4 is 5.32 Å². The molecular formula is C57H48N4. The molecule has 0 amide bonds. The van der Waals surface area contributed by atoms with Gasteiger partial charge in [-0.1, -0.05) is 148 Å². The van der Waals surface area contributed by atoms with Crippen LogP contribution in [-0.2, 0) is 18.5 Å². The third kappa shape index (κ3) is 6.08. The van der Waals surface area contributed by atoms with E-state index in [0.717, 1.165) is 29.0 Å². The maximum atomic E-state index is 4.73. The number of hydrogen-bond acceptors (Lipinski definition) is 2. The summed E-state index contributed by atoms with van der Waals surface area (Å²) in [5.74, 6) is 0.497. The molecule has 1 unspecified atom stereocenters. The lowest BCUT2D eigenvalue weighted by Gasteiger charge is -2.22. The topological polar surface area (TPSA) is 34.2 Å². The van der Waals surface area contributed by atoms with E-state index in [1.165, 1.54) is 83.0 Å². The molecule has 0 spiro atoms. The molecule has 0 saturated carbocycles. The first-order valence-electron chi connectivity index (χ1n) is 21.5. The van der Waals surface area contributed by atoms with Crippen molar-refractivity contribution in [3.8, 4) is 27.9 Å². The summed E-state index contributed by atoms with van der Waals surface area (Å²) in [6.45, 7) is 7.63.